The largest absolute Gasteiger partial charge is 0.494 e. The highest BCUT2D eigenvalue weighted by atomic mass is 16.5. The van der Waals surface area contributed by atoms with Gasteiger partial charge in [0, 0.05) is 18.4 Å². The van der Waals surface area contributed by atoms with Crippen molar-refractivity contribution in [3.63, 3.8) is 0 Å². The normalized spacial score (nSPS) is 16.2. The molecule has 0 amide bonds. The van der Waals surface area contributed by atoms with Gasteiger partial charge in [-0.05, 0) is 37.1 Å². The van der Waals surface area contributed by atoms with Gasteiger partial charge >= 0.3 is 0 Å². The second-order valence-corrected chi connectivity index (χ2v) is 5.72. The van der Waals surface area contributed by atoms with Crippen LogP contribution in [0.1, 0.15) is 35.2 Å². The van der Waals surface area contributed by atoms with E-state index in [0.29, 0.717) is 24.7 Å². The fourth-order valence-electron chi connectivity index (χ4n) is 3.09. The van der Waals surface area contributed by atoms with E-state index in [-0.39, 0.29) is 5.88 Å². The van der Waals surface area contributed by atoms with Crippen molar-refractivity contribution in [2.45, 2.75) is 26.4 Å². The number of nitriles is 1. The first-order valence-electron chi connectivity index (χ1n) is 7.97. The Labute approximate surface area is 146 Å². The molecule has 3 rings (SSSR count). The smallest absolute Gasteiger partial charge is 0.244 e. The van der Waals surface area contributed by atoms with E-state index in [0.717, 1.165) is 28.1 Å². The number of benzene rings is 1. The van der Waals surface area contributed by atoms with Crippen molar-refractivity contribution in [1.29, 1.82) is 5.26 Å². The lowest BCUT2D eigenvalue weighted by Gasteiger charge is -2.26. The highest BCUT2D eigenvalue weighted by Crippen LogP contribution is 2.44. The zero-order valence-corrected chi connectivity index (χ0v) is 14.4. The van der Waals surface area contributed by atoms with Gasteiger partial charge in [0.25, 0.3) is 0 Å². The minimum Gasteiger partial charge on any atom is -0.494 e. The number of H-pyrrole nitrogens is 1. The molecule has 3 N–H and O–H groups in total. The minimum atomic E-state index is -0.391. The number of aryl methyl sites for hydroxylation is 1. The molecule has 1 aliphatic heterocycles. The third-order valence-electron chi connectivity index (χ3n) is 4.17. The summed E-state index contributed by atoms with van der Waals surface area (Å²) in [5.41, 5.74) is 9.80. The molecule has 2 aromatic rings. The SMILES string of the molecule is CCOc1ccc(COC)c(C2C(C#N)=C(N)Oc3n[nH]c(C)c32)c1. The summed E-state index contributed by atoms with van der Waals surface area (Å²) < 4.78 is 16.5. The fraction of sp³-hybridized carbons (Fsp3) is 0.333. The molecule has 1 atom stereocenters. The number of allylic oxidation sites excluding steroid dienone is 1. The van der Waals surface area contributed by atoms with Crippen LogP contribution in [-0.2, 0) is 11.3 Å². The van der Waals surface area contributed by atoms with Crippen LogP contribution in [0.25, 0.3) is 0 Å². The van der Waals surface area contributed by atoms with Gasteiger partial charge in [0.2, 0.25) is 11.8 Å². The first-order valence-corrected chi connectivity index (χ1v) is 7.97. The van der Waals surface area contributed by atoms with Crippen LogP contribution in [-0.4, -0.2) is 23.9 Å². The van der Waals surface area contributed by atoms with E-state index in [1.165, 1.54) is 0 Å². The predicted molar refractivity (Wildman–Crippen MR) is 90.9 cm³/mol. The molecule has 7 heteroatoms. The molecule has 0 fully saturated rings. The summed E-state index contributed by atoms with van der Waals surface area (Å²) in [5, 5.41) is 16.7. The van der Waals surface area contributed by atoms with Crippen LogP contribution >= 0.6 is 0 Å². The van der Waals surface area contributed by atoms with Gasteiger partial charge in [-0.15, -0.1) is 5.10 Å². The van der Waals surface area contributed by atoms with E-state index in [9.17, 15) is 5.26 Å². The summed E-state index contributed by atoms with van der Waals surface area (Å²) in [6.07, 6.45) is 0. The molecule has 0 aliphatic carbocycles. The van der Waals surface area contributed by atoms with Crippen molar-refractivity contribution < 1.29 is 14.2 Å². The van der Waals surface area contributed by atoms with Gasteiger partial charge in [0.15, 0.2) is 0 Å². The Morgan fingerprint density at radius 1 is 1.44 bits per heavy atom. The van der Waals surface area contributed by atoms with E-state index in [1.807, 2.05) is 32.0 Å². The summed E-state index contributed by atoms with van der Waals surface area (Å²) in [5.74, 6) is 0.793. The molecule has 1 aromatic carbocycles. The van der Waals surface area contributed by atoms with Gasteiger partial charge in [-0.25, -0.2) is 0 Å². The Bertz CT molecular complexity index is 864. The molecule has 0 radical (unpaired) electrons. The molecule has 130 valence electrons. The average Bonchev–Trinajstić information content (AvgIpc) is 2.96. The van der Waals surface area contributed by atoms with Crippen molar-refractivity contribution in [1.82, 2.24) is 10.2 Å². The number of hydrogen-bond acceptors (Lipinski definition) is 6. The Morgan fingerprint density at radius 3 is 2.92 bits per heavy atom. The molecule has 1 aromatic heterocycles. The second kappa shape index (κ2) is 6.87. The summed E-state index contributed by atoms with van der Waals surface area (Å²) in [6.45, 7) is 4.77. The lowest BCUT2D eigenvalue weighted by Crippen LogP contribution is -2.22. The van der Waals surface area contributed by atoms with E-state index >= 15 is 0 Å². The molecular weight excluding hydrogens is 320 g/mol. The number of aromatic amines is 1. The number of nitrogens with two attached hydrogens (primary N) is 1. The first-order chi connectivity index (χ1) is 12.1. The summed E-state index contributed by atoms with van der Waals surface area (Å²) in [4.78, 5) is 0. The molecule has 1 unspecified atom stereocenters. The van der Waals surface area contributed by atoms with Gasteiger partial charge in [-0.2, -0.15) is 5.26 Å². The zero-order chi connectivity index (χ0) is 18.0. The summed E-state index contributed by atoms with van der Waals surface area (Å²) in [7, 11) is 1.63. The molecule has 0 spiro atoms. The van der Waals surface area contributed by atoms with Gasteiger partial charge in [-0.1, -0.05) is 6.07 Å². The molecule has 7 nitrogen and oxygen atoms in total. The quantitative estimate of drug-likeness (QED) is 0.866. The third kappa shape index (κ3) is 2.92. The van der Waals surface area contributed by atoms with Gasteiger partial charge in [0.05, 0.1) is 19.1 Å². The Morgan fingerprint density at radius 2 is 2.24 bits per heavy atom. The number of aromatic nitrogens is 2. The second-order valence-electron chi connectivity index (χ2n) is 5.72. The monoisotopic (exact) mass is 340 g/mol. The predicted octanol–water partition coefficient (Wildman–Crippen LogP) is 2.48. The number of methoxy groups -OCH3 is 1. The lowest BCUT2D eigenvalue weighted by molar-refractivity contribution is 0.184. The van der Waals surface area contributed by atoms with Crippen molar-refractivity contribution in [2.75, 3.05) is 13.7 Å². The molecular formula is C18H20N4O3. The van der Waals surface area contributed by atoms with Crippen LogP contribution in [0.4, 0.5) is 0 Å². The van der Waals surface area contributed by atoms with Crippen molar-refractivity contribution >= 4 is 0 Å². The maximum absolute atomic E-state index is 9.68. The number of rotatable bonds is 5. The fourth-order valence-corrected chi connectivity index (χ4v) is 3.09. The Kier molecular flexibility index (Phi) is 4.63. The maximum atomic E-state index is 9.68. The molecule has 25 heavy (non-hydrogen) atoms. The van der Waals surface area contributed by atoms with Crippen LogP contribution in [0.3, 0.4) is 0 Å². The highest BCUT2D eigenvalue weighted by Gasteiger charge is 2.35. The zero-order valence-electron chi connectivity index (χ0n) is 14.4. The van der Waals surface area contributed by atoms with Crippen LogP contribution in [0.5, 0.6) is 11.6 Å². The first kappa shape index (κ1) is 16.9. The Hall–Kier alpha value is -2.98. The van der Waals surface area contributed by atoms with Gasteiger partial charge < -0.3 is 19.9 Å². The van der Waals surface area contributed by atoms with Gasteiger partial charge in [-0.3, -0.25) is 5.10 Å². The van der Waals surface area contributed by atoms with Crippen LogP contribution in [0.2, 0.25) is 0 Å². The van der Waals surface area contributed by atoms with E-state index in [2.05, 4.69) is 16.3 Å². The van der Waals surface area contributed by atoms with E-state index < -0.39 is 5.92 Å². The van der Waals surface area contributed by atoms with Crippen LogP contribution in [0, 0.1) is 18.3 Å². The highest BCUT2D eigenvalue weighted by molar-refractivity contribution is 5.57. The van der Waals surface area contributed by atoms with Crippen molar-refractivity contribution in [3.8, 4) is 17.7 Å². The Balaban J connectivity index is 2.23. The van der Waals surface area contributed by atoms with Crippen LogP contribution < -0.4 is 15.2 Å². The summed E-state index contributed by atoms with van der Waals surface area (Å²) in [6, 6.07) is 7.95. The van der Waals surface area contributed by atoms with Gasteiger partial charge in [0.1, 0.15) is 17.4 Å². The van der Waals surface area contributed by atoms with Crippen molar-refractivity contribution in [3.05, 3.63) is 52.0 Å². The topological polar surface area (TPSA) is 106 Å². The summed E-state index contributed by atoms with van der Waals surface area (Å²) >= 11 is 0. The molecule has 0 saturated carbocycles. The standard InChI is InChI=1S/C18H20N4O3/c1-4-24-12-6-5-11(9-23-3)13(7-12)16-14(8-19)17(20)25-18-15(16)10(2)21-22-18/h5-7,16H,4,9,20H2,1-3H3,(H,21,22). The maximum Gasteiger partial charge on any atom is 0.244 e. The molecule has 2 heterocycles. The number of fused-ring (bicyclic) bond motifs is 1. The minimum absolute atomic E-state index is 0.0664. The number of nitrogens with zero attached hydrogens (tertiary/aromatic N) is 2. The molecule has 0 saturated heterocycles. The average molecular weight is 340 g/mol. The van der Waals surface area contributed by atoms with Crippen molar-refractivity contribution in [2.24, 2.45) is 5.73 Å². The molecule has 0 bridgehead atoms. The number of ether oxygens (including phenoxy) is 3. The third-order valence-corrected chi connectivity index (χ3v) is 4.17. The molecule has 1 aliphatic rings. The lowest BCUT2D eigenvalue weighted by atomic mass is 9.82. The van der Waals surface area contributed by atoms with E-state index in [1.54, 1.807) is 7.11 Å². The number of nitrogens with one attached hydrogen (secondary N) is 1. The number of hydrogen-bond donors (Lipinski definition) is 2. The van der Waals surface area contributed by atoms with E-state index in [4.69, 9.17) is 19.9 Å². The van der Waals surface area contributed by atoms with Crippen LogP contribution in [0.15, 0.2) is 29.7 Å².